The van der Waals surface area contributed by atoms with Crippen LogP contribution in [0.3, 0.4) is 0 Å². The molecule has 152 valence electrons. The minimum Gasteiger partial charge on any atom is -0.492 e. The fraction of sp³-hybridized carbons (Fsp3) is 0.348. The third kappa shape index (κ3) is 4.26. The van der Waals surface area contributed by atoms with Crippen LogP contribution in [0.4, 0.5) is 5.69 Å². The molecule has 0 spiro atoms. The second-order valence-corrected chi connectivity index (χ2v) is 7.76. The molecule has 1 aliphatic rings. The molecule has 4 rings (SSSR count). The van der Waals surface area contributed by atoms with Gasteiger partial charge in [0.1, 0.15) is 11.3 Å². The third-order valence-electron chi connectivity index (χ3n) is 5.38. The highest BCUT2D eigenvalue weighted by atomic mass is 35.5. The highest BCUT2D eigenvalue weighted by Crippen LogP contribution is 2.30. The molecule has 1 aromatic heterocycles. The summed E-state index contributed by atoms with van der Waals surface area (Å²) in [5.74, 6) is 0.931. The van der Waals surface area contributed by atoms with Crippen molar-refractivity contribution in [2.24, 2.45) is 0 Å². The molecule has 0 N–H and O–H groups in total. The second-order valence-electron chi connectivity index (χ2n) is 7.35. The van der Waals surface area contributed by atoms with E-state index in [0.29, 0.717) is 23.8 Å². The summed E-state index contributed by atoms with van der Waals surface area (Å²) in [7, 11) is 0. The van der Waals surface area contributed by atoms with E-state index in [9.17, 15) is 4.79 Å². The first-order valence-electron chi connectivity index (χ1n) is 9.97. The number of para-hydroxylation sites is 2. The molecule has 0 bridgehead atoms. The quantitative estimate of drug-likeness (QED) is 0.578. The number of anilines is 1. The highest BCUT2D eigenvalue weighted by Gasteiger charge is 2.21. The van der Waals surface area contributed by atoms with E-state index in [2.05, 4.69) is 15.9 Å². The molecule has 0 amide bonds. The van der Waals surface area contributed by atoms with Crippen molar-refractivity contribution in [2.45, 2.75) is 20.4 Å². The van der Waals surface area contributed by atoms with Crippen LogP contribution in [0.15, 0.2) is 51.7 Å². The number of rotatable bonds is 5. The number of ether oxygens (including phenoxy) is 1. The molecule has 0 aliphatic carbocycles. The maximum atomic E-state index is 12.0. The Morgan fingerprint density at radius 3 is 2.62 bits per heavy atom. The van der Waals surface area contributed by atoms with Crippen molar-refractivity contribution >= 4 is 28.3 Å². The van der Waals surface area contributed by atoms with Gasteiger partial charge in [-0.3, -0.25) is 4.90 Å². The van der Waals surface area contributed by atoms with E-state index in [-0.39, 0.29) is 5.63 Å². The third-order valence-corrected chi connectivity index (χ3v) is 5.79. The van der Waals surface area contributed by atoms with Gasteiger partial charge < -0.3 is 14.1 Å². The normalized spacial score (nSPS) is 15.1. The monoisotopic (exact) mass is 412 g/mol. The van der Waals surface area contributed by atoms with Crippen LogP contribution in [0.25, 0.3) is 11.0 Å². The average molecular weight is 413 g/mol. The van der Waals surface area contributed by atoms with Gasteiger partial charge in [0.15, 0.2) is 0 Å². The molecule has 3 aromatic rings. The van der Waals surface area contributed by atoms with E-state index in [0.717, 1.165) is 54.1 Å². The predicted octanol–water partition coefficient (Wildman–Crippen LogP) is 4.48. The van der Waals surface area contributed by atoms with Crippen molar-refractivity contribution in [2.75, 3.05) is 37.7 Å². The Bertz CT molecular complexity index is 1070. The lowest BCUT2D eigenvalue weighted by atomic mass is 10.1. The van der Waals surface area contributed by atoms with Gasteiger partial charge in [-0.1, -0.05) is 23.7 Å². The molecule has 5 nitrogen and oxygen atoms in total. The number of hydrogen-bond acceptors (Lipinski definition) is 5. The minimum atomic E-state index is -0.321. The van der Waals surface area contributed by atoms with Gasteiger partial charge in [0, 0.05) is 49.2 Å². The second kappa shape index (κ2) is 8.47. The van der Waals surface area contributed by atoms with Crippen LogP contribution in [0.1, 0.15) is 18.1 Å². The average Bonchev–Trinajstić information content (AvgIpc) is 2.71. The Kier molecular flexibility index (Phi) is 5.79. The molecular weight excluding hydrogens is 388 g/mol. The van der Waals surface area contributed by atoms with Gasteiger partial charge in [-0.05, 0) is 49.2 Å². The van der Waals surface area contributed by atoms with Crippen LogP contribution in [0.5, 0.6) is 5.75 Å². The number of nitrogens with zero attached hydrogens (tertiary/aromatic N) is 2. The first-order chi connectivity index (χ1) is 14.0. The van der Waals surface area contributed by atoms with Gasteiger partial charge in [0.25, 0.3) is 0 Å². The standard InChI is InChI=1S/C23H25ClN2O3/c1-3-28-21-7-5-4-6-20(21)26-10-8-25(9-11-26)15-17-13-23(27)29-22-12-16(2)19(24)14-18(17)22/h4-7,12-14H,3,8-11,15H2,1-2H3. The van der Waals surface area contributed by atoms with Crippen molar-refractivity contribution < 1.29 is 9.15 Å². The van der Waals surface area contributed by atoms with Crippen LogP contribution >= 0.6 is 11.6 Å². The zero-order valence-corrected chi connectivity index (χ0v) is 17.5. The summed E-state index contributed by atoms with van der Waals surface area (Å²) in [4.78, 5) is 16.8. The number of aryl methyl sites for hydroxylation is 1. The largest absolute Gasteiger partial charge is 0.492 e. The summed E-state index contributed by atoms with van der Waals surface area (Å²) < 4.78 is 11.2. The topological polar surface area (TPSA) is 45.9 Å². The summed E-state index contributed by atoms with van der Waals surface area (Å²) in [5.41, 5.74) is 3.28. The van der Waals surface area contributed by atoms with E-state index < -0.39 is 0 Å². The lowest BCUT2D eigenvalue weighted by molar-refractivity contribution is 0.249. The summed E-state index contributed by atoms with van der Waals surface area (Å²) in [6.45, 7) is 8.89. The number of fused-ring (bicyclic) bond motifs is 1. The first-order valence-corrected chi connectivity index (χ1v) is 10.3. The molecule has 0 unspecified atom stereocenters. The maximum absolute atomic E-state index is 12.0. The van der Waals surface area contributed by atoms with Crippen LogP contribution in [-0.4, -0.2) is 37.7 Å². The Morgan fingerprint density at radius 2 is 1.86 bits per heavy atom. The molecule has 0 radical (unpaired) electrons. The molecule has 1 aliphatic heterocycles. The van der Waals surface area contributed by atoms with E-state index in [4.69, 9.17) is 20.8 Å². The van der Waals surface area contributed by atoms with Gasteiger partial charge in [0.05, 0.1) is 12.3 Å². The summed E-state index contributed by atoms with van der Waals surface area (Å²) in [6, 6.07) is 13.5. The van der Waals surface area contributed by atoms with Crippen LogP contribution in [0, 0.1) is 6.92 Å². The van der Waals surface area contributed by atoms with E-state index in [1.165, 1.54) is 0 Å². The molecule has 0 saturated carbocycles. The van der Waals surface area contributed by atoms with Crippen LogP contribution in [0.2, 0.25) is 5.02 Å². The predicted molar refractivity (Wildman–Crippen MR) is 117 cm³/mol. The smallest absolute Gasteiger partial charge is 0.336 e. The fourth-order valence-electron chi connectivity index (χ4n) is 3.86. The summed E-state index contributed by atoms with van der Waals surface area (Å²) in [6.07, 6.45) is 0. The van der Waals surface area contributed by atoms with Crippen molar-refractivity contribution in [1.29, 1.82) is 0 Å². The lowest BCUT2D eigenvalue weighted by Crippen LogP contribution is -2.46. The fourth-order valence-corrected chi connectivity index (χ4v) is 4.03. The molecular formula is C23H25ClN2O3. The van der Waals surface area contributed by atoms with Gasteiger partial charge >= 0.3 is 5.63 Å². The minimum absolute atomic E-state index is 0.321. The van der Waals surface area contributed by atoms with Crippen LogP contribution < -0.4 is 15.3 Å². The lowest BCUT2D eigenvalue weighted by Gasteiger charge is -2.36. The molecule has 2 heterocycles. The Hall–Kier alpha value is -2.50. The molecule has 6 heteroatoms. The van der Waals surface area contributed by atoms with E-state index in [1.54, 1.807) is 6.07 Å². The Morgan fingerprint density at radius 1 is 1.10 bits per heavy atom. The summed E-state index contributed by atoms with van der Waals surface area (Å²) >= 11 is 6.32. The van der Waals surface area contributed by atoms with Gasteiger partial charge in [0.2, 0.25) is 0 Å². The maximum Gasteiger partial charge on any atom is 0.336 e. The number of piperazine rings is 1. The van der Waals surface area contributed by atoms with E-state index >= 15 is 0 Å². The molecule has 0 atom stereocenters. The van der Waals surface area contributed by atoms with Gasteiger partial charge in [-0.15, -0.1) is 0 Å². The number of hydrogen-bond donors (Lipinski definition) is 0. The number of halogens is 1. The zero-order chi connectivity index (χ0) is 20.4. The van der Waals surface area contributed by atoms with E-state index in [1.807, 2.05) is 44.2 Å². The highest BCUT2D eigenvalue weighted by molar-refractivity contribution is 6.32. The molecule has 2 aromatic carbocycles. The molecule has 1 fully saturated rings. The van der Waals surface area contributed by atoms with Crippen LogP contribution in [-0.2, 0) is 6.54 Å². The molecule has 1 saturated heterocycles. The Labute approximate surface area is 175 Å². The first kappa shape index (κ1) is 19.8. The molecule has 29 heavy (non-hydrogen) atoms. The van der Waals surface area contributed by atoms with Crippen molar-refractivity contribution in [3.8, 4) is 5.75 Å². The Balaban J connectivity index is 1.51. The van der Waals surface area contributed by atoms with Gasteiger partial charge in [-0.25, -0.2) is 4.79 Å². The van der Waals surface area contributed by atoms with Gasteiger partial charge in [-0.2, -0.15) is 0 Å². The van der Waals surface area contributed by atoms with Crippen molar-refractivity contribution in [3.05, 3.63) is 69.0 Å². The van der Waals surface area contributed by atoms with Crippen molar-refractivity contribution in [3.63, 3.8) is 0 Å². The summed E-state index contributed by atoms with van der Waals surface area (Å²) in [5, 5.41) is 1.59. The van der Waals surface area contributed by atoms with Crippen molar-refractivity contribution in [1.82, 2.24) is 4.90 Å². The number of benzene rings is 2. The SMILES string of the molecule is CCOc1ccccc1N1CCN(Cc2cc(=O)oc3cc(C)c(Cl)cc23)CC1. The zero-order valence-electron chi connectivity index (χ0n) is 16.8.